The number of nitrogens with zero attached hydrogens (tertiary/aromatic N) is 2. The lowest BCUT2D eigenvalue weighted by Gasteiger charge is -2.15. The van der Waals surface area contributed by atoms with Crippen molar-refractivity contribution in [2.24, 2.45) is 5.92 Å². The van der Waals surface area contributed by atoms with Crippen molar-refractivity contribution in [3.63, 3.8) is 0 Å². The Kier molecular flexibility index (Phi) is 1.29. The molecule has 0 amide bonds. The van der Waals surface area contributed by atoms with Gasteiger partial charge in [-0.15, -0.1) is 0 Å². The number of fused-ring (bicyclic) bond motifs is 1. The largest absolute Gasteiger partial charge is 0.347 e. The SMILES string of the molecule is c1ncc(CN2CCC3CC32)[nH]1. The maximum Gasteiger partial charge on any atom is 0.0922 e. The molecule has 1 aromatic rings. The van der Waals surface area contributed by atoms with Gasteiger partial charge in [0.15, 0.2) is 0 Å². The molecule has 3 nitrogen and oxygen atoms in total. The fraction of sp³-hybridized carbons (Fsp3) is 0.667. The summed E-state index contributed by atoms with van der Waals surface area (Å²) in [5.74, 6) is 1.04. The lowest BCUT2D eigenvalue weighted by atomic mass is 10.3. The van der Waals surface area contributed by atoms with Crippen molar-refractivity contribution in [1.82, 2.24) is 14.9 Å². The van der Waals surface area contributed by atoms with Crippen LogP contribution >= 0.6 is 0 Å². The van der Waals surface area contributed by atoms with Gasteiger partial charge in [-0.3, -0.25) is 4.90 Å². The molecule has 2 aliphatic rings. The number of nitrogens with one attached hydrogen (secondary N) is 1. The molecule has 2 atom stereocenters. The Bertz CT molecular complexity index is 267. The Balaban J connectivity index is 1.68. The lowest BCUT2D eigenvalue weighted by molar-refractivity contribution is 0.288. The standard InChI is InChI=1S/C9H13N3/c1-2-12(9-3-7(1)9)5-8-4-10-6-11-8/h4,6-7,9H,1-3,5H2,(H,10,11). The molecule has 1 aromatic heterocycles. The molecule has 1 aliphatic carbocycles. The molecule has 1 saturated heterocycles. The smallest absolute Gasteiger partial charge is 0.0922 e. The minimum atomic E-state index is 0.910. The number of likely N-dealkylation sites (tertiary alicyclic amines) is 1. The van der Waals surface area contributed by atoms with E-state index in [1.54, 1.807) is 6.33 Å². The van der Waals surface area contributed by atoms with Gasteiger partial charge < -0.3 is 4.98 Å². The first-order valence-electron chi connectivity index (χ1n) is 4.65. The number of hydrogen-bond donors (Lipinski definition) is 1. The van der Waals surface area contributed by atoms with Crippen molar-refractivity contribution in [3.05, 3.63) is 18.2 Å². The van der Waals surface area contributed by atoms with Crippen LogP contribution in [0.2, 0.25) is 0 Å². The summed E-state index contributed by atoms with van der Waals surface area (Å²) < 4.78 is 0. The summed E-state index contributed by atoms with van der Waals surface area (Å²) in [5, 5.41) is 0. The van der Waals surface area contributed by atoms with Gasteiger partial charge in [0.1, 0.15) is 0 Å². The van der Waals surface area contributed by atoms with Crippen LogP contribution in [-0.2, 0) is 6.54 Å². The predicted octanol–water partition coefficient (Wildman–Crippen LogP) is 1.00. The lowest BCUT2D eigenvalue weighted by Crippen LogP contribution is -2.22. The topological polar surface area (TPSA) is 31.9 Å². The highest BCUT2D eigenvalue weighted by atomic mass is 15.2. The van der Waals surface area contributed by atoms with E-state index in [1.165, 1.54) is 25.1 Å². The second-order valence-corrected chi connectivity index (χ2v) is 3.90. The molecule has 3 rings (SSSR count). The van der Waals surface area contributed by atoms with Crippen LogP contribution in [0.1, 0.15) is 18.5 Å². The number of piperidine rings is 1. The van der Waals surface area contributed by atoms with Gasteiger partial charge in [-0.1, -0.05) is 0 Å². The molecule has 1 N–H and O–H groups in total. The van der Waals surface area contributed by atoms with Crippen molar-refractivity contribution in [2.75, 3.05) is 6.54 Å². The average molecular weight is 163 g/mol. The number of aromatic amines is 1. The summed E-state index contributed by atoms with van der Waals surface area (Å²) in [7, 11) is 0. The molecule has 0 aromatic carbocycles. The van der Waals surface area contributed by atoms with Crippen LogP contribution in [0.15, 0.2) is 12.5 Å². The van der Waals surface area contributed by atoms with E-state index >= 15 is 0 Å². The first-order valence-corrected chi connectivity index (χ1v) is 4.65. The van der Waals surface area contributed by atoms with Crippen LogP contribution < -0.4 is 0 Å². The van der Waals surface area contributed by atoms with E-state index < -0.39 is 0 Å². The fourth-order valence-corrected chi connectivity index (χ4v) is 2.27. The molecule has 2 heterocycles. The molecule has 1 aliphatic heterocycles. The van der Waals surface area contributed by atoms with Crippen LogP contribution in [0, 0.1) is 5.92 Å². The van der Waals surface area contributed by atoms with Gasteiger partial charge in [-0.05, 0) is 25.3 Å². The molecule has 0 spiro atoms. The minimum absolute atomic E-state index is 0.910. The maximum atomic E-state index is 4.02. The van der Waals surface area contributed by atoms with Crippen LogP contribution in [0.25, 0.3) is 0 Å². The third-order valence-corrected chi connectivity index (χ3v) is 3.07. The van der Waals surface area contributed by atoms with E-state index in [0.29, 0.717) is 0 Å². The van der Waals surface area contributed by atoms with Crippen molar-refractivity contribution in [3.8, 4) is 0 Å². The summed E-state index contributed by atoms with van der Waals surface area (Å²) >= 11 is 0. The second kappa shape index (κ2) is 2.33. The Morgan fingerprint density at radius 2 is 2.67 bits per heavy atom. The summed E-state index contributed by atoms with van der Waals surface area (Å²) in [4.78, 5) is 9.74. The molecular weight excluding hydrogens is 150 g/mol. The Hall–Kier alpha value is -0.830. The highest BCUT2D eigenvalue weighted by Gasteiger charge is 2.46. The first kappa shape index (κ1) is 6.66. The van der Waals surface area contributed by atoms with E-state index in [9.17, 15) is 0 Å². The molecule has 1 saturated carbocycles. The van der Waals surface area contributed by atoms with Gasteiger partial charge in [0.05, 0.1) is 6.33 Å². The van der Waals surface area contributed by atoms with Gasteiger partial charge in [0, 0.05) is 24.5 Å². The van der Waals surface area contributed by atoms with Crippen molar-refractivity contribution < 1.29 is 0 Å². The van der Waals surface area contributed by atoms with Gasteiger partial charge in [-0.25, -0.2) is 4.98 Å². The molecule has 64 valence electrons. The van der Waals surface area contributed by atoms with Gasteiger partial charge >= 0.3 is 0 Å². The third kappa shape index (κ3) is 0.966. The number of H-pyrrole nitrogens is 1. The number of hydrogen-bond acceptors (Lipinski definition) is 2. The van der Waals surface area contributed by atoms with Gasteiger partial charge in [-0.2, -0.15) is 0 Å². The molecule has 12 heavy (non-hydrogen) atoms. The molecule has 0 bridgehead atoms. The molecule has 2 unspecified atom stereocenters. The highest BCUT2D eigenvalue weighted by Crippen LogP contribution is 2.44. The zero-order valence-electron chi connectivity index (χ0n) is 7.03. The van der Waals surface area contributed by atoms with E-state index in [1.807, 2.05) is 6.20 Å². The van der Waals surface area contributed by atoms with Crippen molar-refractivity contribution in [1.29, 1.82) is 0 Å². The summed E-state index contributed by atoms with van der Waals surface area (Å²) in [6, 6.07) is 0.910. The second-order valence-electron chi connectivity index (χ2n) is 3.90. The van der Waals surface area contributed by atoms with Gasteiger partial charge in [0.2, 0.25) is 0 Å². The molecule has 2 fully saturated rings. The van der Waals surface area contributed by atoms with E-state index in [4.69, 9.17) is 0 Å². The van der Waals surface area contributed by atoms with Crippen LogP contribution in [0.4, 0.5) is 0 Å². The number of rotatable bonds is 2. The van der Waals surface area contributed by atoms with E-state index in [-0.39, 0.29) is 0 Å². The van der Waals surface area contributed by atoms with Crippen LogP contribution in [-0.4, -0.2) is 27.5 Å². The Labute approximate surface area is 71.8 Å². The molecule has 0 radical (unpaired) electrons. The molecular formula is C9H13N3. The predicted molar refractivity (Wildman–Crippen MR) is 45.5 cm³/mol. The van der Waals surface area contributed by atoms with Gasteiger partial charge in [0.25, 0.3) is 0 Å². The Morgan fingerprint density at radius 1 is 1.67 bits per heavy atom. The summed E-state index contributed by atoms with van der Waals surface area (Å²) in [5.41, 5.74) is 1.25. The van der Waals surface area contributed by atoms with Crippen molar-refractivity contribution >= 4 is 0 Å². The van der Waals surface area contributed by atoms with E-state index in [0.717, 1.165) is 18.5 Å². The quantitative estimate of drug-likeness (QED) is 0.705. The monoisotopic (exact) mass is 163 g/mol. The fourth-order valence-electron chi connectivity index (χ4n) is 2.27. The highest BCUT2D eigenvalue weighted by molar-refractivity contribution is 5.04. The number of imidazole rings is 1. The zero-order valence-corrected chi connectivity index (χ0v) is 7.03. The normalized spacial score (nSPS) is 33.7. The van der Waals surface area contributed by atoms with Crippen LogP contribution in [0.5, 0.6) is 0 Å². The number of aromatic nitrogens is 2. The summed E-state index contributed by atoms with van der Waals surface area (Å²) in [6.45, 7) is 2.36. The third-order valence-electron chi connectivity index (χ3n) is 3.07. The first-order chi connectivity index (χ1) is 5.93. The summed E-state index contributed by atoms with van der Waals surface area (Å²) in [6.07, 6.45) is 6.54. The average Bonchev–Trinajstić information content (AvgIpc) is 2.54. The minimum Gasteiger partial charge on any atom is -0.347 e. The maximum absolute atomic E-state index is 4.02. The van der Waals surface area contributed by atoms with Crippen molar-refractivity contribution in [2.45, 2.75) is 25.4 Å². The zero-order chi connectivity index (χ0) is 7.97. The Morgan fingerprint density at radius 3 is 3.25 bits per heavy atom. The molecule has 3 heteroatoms. The van der Waals surface area contributed by atoms with E-state index in [2.05, 4.69) is 14.9 Å². The van der Waals surface area contributed by atoms with Crippen LogP contribution in [0.3, 0.4) is 0 Å².